The summed E-state index contributed by atoms with van der Waals surface area (Å²) in [6.07, 6.45) is 0.375. The molecular formula is C23H25FN2O2. The molecule has 2 fully saturated rings. The van der Waals surface area contributed by atoms with E-state index in [4.69, 9.17) is 0 Å². The SMILES string of the molecule is CN1C[C@H]2CN(C(=O)CCC(=O)c3ccc(F)cc3)C[C@H]2[C@@H]1c1ccccc1. The number of rotatable bonds is 5. The van der Waals surface area contributed by atoms with Crippen LogP contribution in [0.3, 0.4) is 0 Å². The van der Waals surface area contributed by atoms with Gasteiger partial charge < -0.3 is 4.90 Å². The van der Waals surface area contributed by atoms with Gasteiger partial charge in [-0.05, 0) is 42.8 Å². The molecule has 2 heterocycles. The van der Waals surface area contributed by atoms with Crippen LogP contribution in [0.4, 0.5) is 4.39 Å². The van der Waals surface area contributed by atoms with Crippen LogP contribution in [0.25, 0.3) is 0 Å². The van der Waals surface area contributed by atoms with E-state index >= 15 is 0 Å². The highest BCUT2D eigenvalue weighted by molar-refractivity contribution is 5.97. The highest BCUT2D eigenvalue weighted by atomic mass is 19.1. The Morgan fingerprint density at radius 3 is 2.39 bits per heavy atom. The molecule has 28 heavy (non-hydrogen) atoms. The average Bonchev–Trinajstić information content (AvgIpc) is 3.23. The third-order valence-electron chi connectivity index (χ3n) is 6.12. The van der Waals surface area contributed by atoms with Gasteiger partial charge in [0.2, 0.25) is 5.91 Å². The second-order valence-corrected chi connectivity index (χ2v) is 7.95. The molecule has 0 aliphatic carbocycles. The highest BCUT2D eigenvalue weighted by Gasteiger charge is 2.47. The minimum Gasteiger partial charge on any atom is -0.342 e. The number of hydrogen-bond acceptors (Lipinski definition) is 3. The molecule has 5 heteroatoms. The standard InChI is InChI=1S/C23H25FN2O2/c1-25-13-18-14-26(15-20(18)23(25)17-5-3-2-4-6-17)22(28)12-11-21(27)16-7-9-19(24)10-8-16/h2-10,18,20,23H,11-15H2,1H3/t18-,20+,23-/m0/s1. The topological polar surface area (TPSA) is 40.6 Å². The van der Waals surface area contributed by atoms with E-state index in [1.165, 1.54) is 29.8 Å². The molecule has 146 valence electrons. The number of carbonyl (C=O) groups excluding carboxylic acids is 2. The van der Waals surface area contributed by atoms with Crippen molar-refractivity contribution in [3.63, 3.8) is 0 Å². The van der Waals surface area contributed by atoms with Gasteiger partial charge in [-0.1, -0.05) is 30.3 Å². The van der Waals surface area contributed by atoms with Crippen molar-refractivity contribution in [3.05, 3.63) is 71.5 Å². The van der Waals surface area contributed by atoms with Crippen LogP contribution in [0, 0.1) is 17.7 Å². The number of Topliss-reactive ketones (excluding diaryl/α,β-unsaturated/α-hetero) is 1. The van der Waals surface area contributed by atoms with Gasteiger partial charge >= 0.3 is 0 Å². The Hall–Kier alpha value is -2.53. The lowest BCUT2D eigenvalue weighted by Gasteiger charge is -2.27. The molecule has 1 amide bonds. The molecule has 3 atom stereocenters. The number of amides is 1. The van der Waals surface area contributed by atoms with E-state index in [0.717, 1.165) is 19.6 Å². The fourth-order valence-corrected chi connectivity index (χ4v) is 4.77. The van der Waals surface area contributed by atoms with Gasteiger partial charge in [0, 0.05) is 50.0 Å². The monoisotopic (exact) mass is 380 g/mol. The number of likely N-dealkylation sites (tertiary alicyclic amines) is 2. The van der Waals surface area contributed by atoms with Gasteiger partial charge in [-0.3, -0.25) is 14.5 Å². The zero-order valence-corrected chi connectivity index (χ0v) is 16.1. The Kier molecular flexibility index (Phi) is 5.27. The minimum atomic E-state index is -0.367. The summed E-state index contributed by atoms with van der Waals surface area (Å²) in [5, 5.41) is 0. The largest absolute Gasteiger partial charge is 0.342 e. The molecule has 2 saturated heterocycles. The van der Waals surface area contributed by atoms with Gasteiger partial charge in [0.25, 0.3) is 0 Å². The number of fused-ring (bicyclic) bond motifs is 1. The second kappa shape index (κ2) is 7.84. The van der Waals surface area contributed by atoms with Crippen LogP contribution >= 0.6 is 0 Å². The molecular weight excluding hydrogens is 355 g/mol. The molecule has 0 N–H and O–H groups in total. The summed E-state index contributed by atoms with van der Waals surface area (Å²) in [4.78, 5) is 29.3. The average molecular weight is 380 g/mol. The van der Waals surface area contributed by atoms with Gasteiger partial charge in [0.15, 0.2) is 5.78 Å². The van der Waals surface area contributed by atoms with Crippen LogP contribution in [0.2, 0.25) is 0 Å². The minimum absolute atomic E-state index is 0.0410. The summed E-state index contributed by atoms with van der Waals surface area (Å²) < 4.78 is 13.0. The molecule has 4 nitrogen and oxygen atoms in total. The Labute approximate surface area is 164 Å². The zero-order chi connectivity index (χ0) is 19.7. The summed E-state index contributed by atoms with van der Waals surface area (Å²) >= 11 is 0. The predicted molar refractivity (Wildman–Crippen MR) is 105 cm³/mol. The predicted octanol–water partition coefficient (Wildman–Crippen LogP) is 3.55. The maximum atomic E-state index is 13.0. The van der Waals surface area contributed by atoms with Crippen molar-refractivity contribution >= 4 is 11.7 Å². The molecule has 2 aliphatic rings. The first kappa shape index (κ1) is 18.8. The van der Waals surface area contributed by atoms with Crippen molar-refractivity contribution in [2.75, 3.05) is 26.7 Å². The highest BCUT2D eigenvalue weighted by Crippen LogP contribution is 2.44. The van der Waals surface area contributed by atoms with E-state index in [0.29, 0.717) is 23.4 Å². The Morgan fingerprint density at radius 2 is 1.68 bits per heavy atom. The third-order valence-corrected chi connectivity index (χ3v) is 6.12. The van der Waals surface area contributed by atoms with E-state index < -0.39 is 0 Å². The maximum absolute atomic E-state index is 13.0. The van der Waals surface area contributed by atoms with Crippen molar-refractivity contribution < 1.29 is 14.0 Å². The zero-order valence-electron chi connectivity index (χ0n) is 16.1. The summed E-state index contributed by atoms with van der Waals surface area (Å²) in [5.74, 6) is 0.472. The van der Waals surface area contributed by atoms with Crippen LogP contribution in [0.1, 0.15) is 34.8 Å². The Bertz CT molecular complexity index is 853. The maximum Gasteiger partial charge on any atom is 0.223 e. The molecule has 2 aromatic carbocycles. The third kappa shape index (κ3) is 3.72. The summed E-state index contributed by atoms with van der Waals surface area (Å²) in [7, 11) is 2.16. The quantitative estimate of drug-likeness (QED) is 0.745. The normalized spacial score (nSPS) is 24.4. The number of hydrogen-bond donors (Lipinski definition) is 0. The molecule has 0 saturated carbocycles. The smallest absolute Gasteiger partial charge is 0.223 e. The first-order valence-electron chi connectivity index (χ1n) is 9.84. The van der Waals surface area contributed by atoms with Crippen molar-refractivity contribution in [3.8, 4) is 0 Å². The van der Waals surface area contributed by atoms with Crippen molar-refractivity contribution in [1.29, 1.82) is 0 Å². The van der Waals surface area contributed by atoms with Crippen LogP contribution in [0.5, 0.6) is 0 Å². The van der Waals surface area contributed by atoms with Crippen molar-refractivity contribution in [2.45, 2.75) is 18.9 Å². The molecule has 0 radical (unpaired) electrons. The number of halogens is 1. The van der Waals surface area contributed by atoms with Gasteiger partial charge in [0.05, 0.1) is 0 Å². The van der Waals surface area contributed by atoms with E-state index in [9.17, 15) is 14.0 Å². The van der Waals surface area contributed by atoms with E-state index in [2.05, 4.69) is 36.2 Å². The van der Waals surface area contributed by atoms with Crippen LogP contribution in [-0.2, 0) is 4.79 Å². The molecule has 2 aliphatic heterocycles. The van der Waals surface area contributed by atoms with Gasteiger partial charge in [0.1, 0.15) is 5.82 Å². The van der Waals surface area contributed by atoms with Gasteiger partial charge in [-0.15, -0.1) is 0 Å². The fourth-order valence-electron chi connectivity index (χ4n) is 4.77. The lowest BCUT2D eigenvalue weighted by molar-refractivity contribution is -0.130. The number of benzene rings is 2. The van der Waals surface area contributed by atoms with Crippen LogP contribution in [0.15, 0.2) is 54.6 Å². The molecule has 0 bridgehead atoms. The molecule has 2 aromatic rings. The van der Waals surface area contributed by atoms with Gasteiger partial charge in [-0.2, -0.15) is 0 Å². The summed E-state index contributed by atoms with van der Waals surface area (Å²) in [6.45, 7) is 2.50. The van der Waals surface area contributed by atoms with Crippen molar-refractivity contribution in [2.24, 2.45) is 11.8 Å². The van der Waals surface area contributed by atoms with E-state index in [-0.39, 0.29) is 30.3 Å². The lowest BCUT2D eigenvalue weighted by Crippen LogP contribution is -2.33. The van der Waals surface area contributed by atoms with Crippen LogP contribution < -0.4 is 0 Å². The van der Waals surface area contributed by atoms with Crippen LogP contribution in [-0.4, -0.2) is 48.2 Å². The van der Waals surface area contributed by atoms with Crippen molar-refractivity contribution in [1.82, 2.24) is 9.80 Å². The molecule has 0 spiro atoms. The lowest BCUT2D eigenvalue weighted by atomic mass is 9.90. The van der Waals surface area contributed by atoms with Gasteiger partial charge in [-0.25, -0.2) is 4.39 Å². The number of ketones is 1. The second-order valence-electron chi connectivity index (χ2n) is 7.95. The molecule has 4 rings (SSSR count). The first-order valence-corrected chi connectivity index (χ1v) is 9.84. The molecule has 0 unspecified atom stereocenters. The first-order chi connectivity index (χ1) is 13.5. The Balaban J connectivity index is 1.36. The number of nitrogens with zero attached hydrogens (tertiary/aromatic N) is 2. The summed E-state index contributed by atoms with van der Waals surface area (Å²) in [5.41, 5.74) is 1.76. The van der Waals surface area contributed by atoms with E-state index in [1.807, 2.05) is 11.0 Å². The molecule has 0 aromatic heterocycles. The fraction of sp³-hybridized carbons (Fsp3) is 0.391. The Morgan fingerprint density at radius 1 is 0.964 bits per heavy atom. The van der Waals surface area contributed by atoms with E-state index in [1.54, 1.807) is 0 Å². The number of carbonyl (C=O) groups is 2. The summed E-state index contributed by atoms with van der Waals surface area (Å²) in [6, 6.07) is 16.3.